The first-order valence-corrected chi connectivity index (χ1v) is 4.18. The van der Waals surface area contributed by atoms with E-state index in [1.165, 1.54) is 0 Å². The lowest BCUT2D eigenvalue weighted by Gasteiger charge is -1.93. The summed E-state index contributed by atoms with van der Waals surface area (Å²) in [7, 11) is 0. The van der Waals surface area contributed by atoms with Gasteiger partial charge in [-0.3, -0.25) is 4.79 Å². The number of fused-ring (bicyclic) bond motifs is 1. The lowest BCUT2D eigenvalue weighted by Crippen LogP contribution is -1.81. The van der Waals surface area contributed by atoms with E-state index in [0.29, 0.717) is 11.3 Å². The van der Waals surface area contributed by atoms with E-state index in [-0.39, 0.29) is 0 Å². The van der Waals surface area contributed by atoms with Gasteiger partial charge in [-0.2, -0.15) is 0 Å². The standard InChI is InChI=1S/C11H10O2/c1-7-4-3-5-10-11(7)9(6-12)8(2)13-10/h3-6H,1-2H3. The van der Waals surface area contributed by atoms with Crippen molar-refractivity contribution in [1.29, 1.82) is 0 Å². The van der Waals surface area contributed by atoms with E-state index in [2.05, 4.69) is 0 Å². The molecule has 0 atom stereocenters. The maximum absolute atomic E-state index is 10.8. The highest BCUT2D eigenvalue weighted by Crippen LogP contribution is 2.26. The monoisotopic (exact) mass is 174 g/mol. The van der Waals surface area contributed by atoms with Crippen LogP contribution in [0, 0.1) is 13.8 Å². The minimum absolute atomic E-state index is 0.674. The Hall–Kier alpha value is -1.57. The summed E-state index contributed by atoms with van der Waals surface area (Å²) in [6.07, 6.45) is 0.855. The Bertz CT molecular complexity index is 466. The summed E-state index contributed by atoms with van der Waals surface area (Å²) in [5.41, 5.74) is 2.55. The molecule has 2 nitrogen and oxygen atoms in total. The van der Waals surface area contributed by atoms with Crippen molar-refractivity contribution in [2.24, 2.45) is 0 Å². The molecule has 0 N–H and O–H groups in total. The van der Waals surface area contributed by atoms with Gasteiger partial charge in [0.25, 0.3) is 0 Å². The van der Waals surface area contributed by atoms with Gasteiger partial charge < -0.3 is 4.42 Å². The second-order valence-corrected chi connectivity index (χ2v) is 3.14. The van der Waals surface area contributed by atoms with Crippen LogP contribution in [0.2, 0.25) is 0 Å². The van der Waals surface area contributed by atoms with Crippen LogP contribution in [-0.4, -0.2) is 6.29 Å². The number of aldehydes is 1. The molecule has 0 spiro atoms. The van der Waals surface area contributed by atoms with Gasteiger partial charge in [-0.25, -0.2) is 0 Å². The van der Waals surface area contributed by atoms with Crippen LogP contribution >= 0.6 is 0 Å². The highest BCUT2D eigenvalue weighted by Gasteiger charge is 2.10. The van der Waals surface area contributed by atoms with Crippen LogP contribution in [-0.2, 0) is 0 Å². The van der Waals surface area contributed by atoms with Gasteiger partial charge in [-0.15, -0.1) is 0 Å². The van der Waals surface area contributed by atoms with Crippen LogP contribution in [0.1, 0.15) is 21.7 Å². The number of carbonyl (C=O) groups is 1. The zero-order valence-corrected chi connectivity index (χ0v) is 7.63. The van der Waals surface area contributed by atoms with Crippen LogP contribution in [0.15, 0.2) is 22.6 Å². The van der Waals surface area contributed by atoms with Gasteiger partial charge in [0, 0.05) is 5.39 Å². The Morgan fingerprint density at radius 3 is 2.77 bits per heavy atom. The van der Waals surface area contributed by atoms with Crippen molar-refractivity contribution >= 4 is 17.3 Å². The first-order valence-electron chi connectivity index (χ1n) is 4.18. The highest BCUT2D eigenvalue weighted by atomic mass is 16.3. The Labute approximate surface area is 76.2 Å². The third-order valence-electron chi connectivity index (χ3n) is 2.26. The fraction of sp³-hybridized carbons (Fsp3) is 0.182. The van der Waals surface area contributed by atoms with E-state index >= 15 is 0 Å². The average molecular weight is 174 g/mol. The molecule has 1 heterocycles. The van der Waals surface area contributed by atoms with E-state index in [1.54, 1.807) is 0 Å². The van der Waals surface area contributed by atoms with Crippen LogP contribution in [0.5, 0.6) is 0 Å². The van der Waals surface area contributed by atoms with E-state index in [0.717, 1.165) is 22.8 Å². The molecule has 1 aromatic heterocycles. The predicted molar refractivity (Wildman–Crippen MR) is 51.1 cm³/mol. The quantitative estimate of drug-likeness (QED) is 0.622. The maximum atomic E-state index is 10.8. The Balaban J connectivity index is 2.96. The molecule has 2 aromatic rings. The Morgan fingerprint density at radius 2 is 2.08 bits per heavy atom. The number of benzene rings is 1. The van der Waals surface area contributed by atoms with E-state index < -0.39 is 0 Å². The zero-order chi connectivity index (χ0) is 9.42. The summed E-state index contributed by atoms with van der Waals surface area (Å²) < 4.78 is 5.44. The lowest BCUT2D eigenvalue weighted by molar-refractivity contribution is 0.112. The Morgan fingerprint density at radius 1 is 1.31 bits per heavy atom. The lowest BCUT2D eigenvalue weighted by atomic mass is 10.1. The minimum atomic E-state index is 0.674. The normalized spacial score (nSPS) is 10.6. The summed E-state index contributed by atoms with van der Waals surface area (Å²) in [5, 5.41) is 0.940. The van der Waals surface area contributed by atoms with Crippen molar-refractivity contribution < 1.29 is 9.21 Å². The molecule has 0 aliphatic carbocycles. The molecule has 0 aliphatic rings. The summed E-state index contributed by atoms with van der Waals surface area (Å²) in [6, 6.07) is 5.78. The van der Waals surface area contributed by atoms with Crippen molar-refractivity contribution in [3.8, 4) is 0 Å². The highest BCUT2D eigenvalue weighted by molar-refractivity contribution is 5.99. The summed E-state index contributed by atoms with van der Waals surface area (Å²) in [4.78, 5) is 10.8. The molecule has 0 amide bonds. The minimum Gasteiger partial charge on any atom is -0.461 e. The first kappa shape index (κ1) is 8.05. The van der Waals surface area contributed by atoms with E-state index in [4.69, 9.17) is 4.42 Å². The van der Waals surface area contributed by atoms with Crippen LogP contribution in [0.4, 0.5) is 0 Å². The van der Waals surface area contributed by atoms with Gasteiger partial charge in [-0.05, 0) is 25.5 Å². The Kier molecular flexibility index (Phi) is 1.69. The molecular formula is C11H10O2. The van der Waals surface area contributed by atoms with Crippen LogP contribution in [0.25, 0.3) is 11.0 Å². The molecule has 0 saturated carbocycles. The second kappa shape index (κ2) is 2.73. The van der Waals surface area contributed by atoms with Crippen molar-refractivity contribution in [2.75, 3.05) is 0 Å². The average Bonchev–Trinajstić information content (AvgIpc) is 2.42. The molecule has 1 aromatic carbocycles. The van der Waals surface area contributed by atoms with Gasteiger partial charge in [0.15, 0.2) is 6.29 Å². The third kappa shape index (κ3) is 1.06. The summed E-state index contributed by atoms with van der Waals surface area (Å²) in [5.74, 6) is 0.694. The molecule has 0 unspecified atom stereocenters. The topological polar surface area (TPSA) is 30.2 Å². The molecule has 66 valence electrons. The number of aryl methyl sites for hydroxylation is 2. The molecule has 0 radical (unpaired) electrons. The molecule has 13 heavy (non-hydrogen) atoms. The van der Waals surface area contributed by atoms with Gasteiger partial charge in [-0.1, -0.05) is 12.1 Å². The van der Waals surface area contributed by atoms with Gasteiger partial charge in [0.1, 0.15) is 11.3 Å². The van der Waals surface area contributed by atoms with Gasteiger partial charge in [0.05, 0.1) is 5.56 Å². The maximum Gasteiger partial charge on any atom is 0.154 e. The number of hydrogen-bond donors (Lipinski definition) is 0. The molecule has 0 bridgehead atoms. The van der Waals surface area contributed by atoms with E-state index in [9.17, 15) is 4.79 Å². The second-order valence-electron chi connectivity index (χ2n) is 3.14. The molecule has 0 fully saturated rings. The predicted octanol–water partition coefficient (Wildman–Crippen LogP) is 2.86. The van der Waals surface area contributed by atoms with E-state index in [1.807, 2.05) is 32.0 Å². The molecule has 2 rings (SSSR count). The third-order valence-corrected chi connectivity index (χ3v) is 2.26. The van der Waals surface area contributed by atoms with Crippen molar-refractivity contribution in [2.45, 2.75) is 13.8 Å². The fourth-order valence-electron chi connectivity index (χ4n) is 1.61. The molecule has 2 heteroatoms. The SMILES string of the molecule is Cc1oc2cccc(C)c2c1C=O. The number of rotatable bonds is 1. The number of furan rings is 1. The van der Waals surface area contributed by atoms with Crippen LogP contribution in [0.3, 0.4) is 0 Å². The van der Waals surface area contributed by atoms with Gasteiger partial charge in [0.2, 0.25) is 0 Å². The van der Waals surface area contributed by atoms with Crippen molar-refractivity contribution in [1.82, 2.24) is 0 Å². The number of hydrogen-bond acceptors (Lipinski definition) is 2. The molecule has 0 saturated heterocycles. The number of carbonyl (C=O) groups excluding carboxylic acids is 1. The molecular weight excluding hydrogens is 164 g/mol. The zero-order valence-electron chi connectivity index (χ0n) is 7.63. The summed E-state index contributed by atoms with van der Waals surface area (Å²) >= 11 is 0. The van der Waals surface area contributed by atoms with Crippen molar-refractivity contribution in [3.05, 3.63) is 35.1 Å². The van der Waals surface area contributed by atoms with Crippen LogP contribution < -0.4 is 0 Å². The largest absolute Gasteiger partial charge is 0.461 e. The fourth-order valence-corrected chi connectivity index (χ4v) is 1.61. The smallest absolute Gasteiger partial charge is 0.154 e. The molecule has 0 aliphatic heterocycles. The summed E-state index contributed by atoms with van der Waals surface area (Å²) in [6.45, 7) is 3.79. The van der Waals surface area contributed by atoms with Crippen molar-refractivity contribution in [3.63, 3.8) is 0 Å². The van der Waals surface area contributed by atoms with Gasteiger partial charge >= 0.3 is 0 Å². The first-order chi connectivity index (χ1) is 6.24.